The molecule has 0 fully saturated rings. The summed E-state index contributed by atoms with van der Waals surface area (Å²) in [6.45, 7) is 3.94. The van der Waals surface area contributed by atoms with Crippen LogP contribution in [0.25, 0.3) is 0 Å². The van der Waals surface area contributed by atoms with E-state index in [1.807, 2.05) is 24.3 Å². The van der Waals surface area contributed by atoms with Gasteiger partial charge in [0.15, 0.2) is 5.89 Å². The molecule has 0 radical (unpaired) electrons. The van der Waals surface area contributed by atoms with Gasteiger partial charge in [0.2, 0.25) is 5.76 Å². The molecule has 1 N–H and O–H groups in total. The number of carbonyl (C=O) groups is 1. The molecule has 1 aromatic carbocycles. The minimum Gasteiger partial charge on any atom is -0.436 e. The Bertz CT molecular complexity index is 561. The van der Waals surface area contributed by atoms with Crippen molar-refractivity contribution in [3.8, 4) is 0 Å². The number of carbonyl (C=O) groups excluding carboxylic acids is 1. The van der Waals surface area contributed by atoms with Gasteiger partial charge in [-0.15, -0.1) is 0 Å². The van der Waals surface area contributed by atoms with Gasteiger partial charge < -0.3 is 9.73 Å². The second kappa shape index (κ2) is 5.35. The van der Waals surface area contributed by atoms with Gasteiger partial charge in [0.1, 0.15) is 0 Å². The molecule has 1 amide bonds. The third-order valence-corrected chi connectivity index (χ3v) is 3.00. The molecule has 94 valence electrons. The minimum absolute atomic E-state index is 0.240. The number of nitrogens with one attached hydrogen (secondary N) is 1. The number of aromatic nitrogens is 1. The van der Waals surface area contributed by atoms with E-state index in [1.54, 1.807) is 13.8 Å². The van der Waals surface area contributed by atoms with E-state index in [0.717, 1.165) is 10.0 Å². The maximum atomic E-state index is 11.9. The van der Waals surface area contributed by atoms with E-state index in [1.165, 1.54) is 0 Å². The van der Waals surface area contributed by atoms with Crippen LogP contribution in [0.5, 0.6) is 0 Å². The van der Waals surface area contributed by atoms with Gasteiger partial charge in [-0.3, -0.25) is 4.79 Å². The zero-order chi connectivity index (χ0) is 13.1. The summed E-state index contributed by atoms with van der Waals surface area (Å²) in [4.78, 5) is 15.9. The molecular weight excluding hydrogens is 296 g/mol. The largest absolute Gasteiger partial charge is 0.436 e. The first kappa shape index (κ1) is 12.8. The monoisotopic (exact) mass is 308 g/mol. The second-order valence-electron chi connectivity index (χ2n) is 3.96. The predicted molar refractivity (Wildman–Crippen MR) is 71.3 cm³/mol. The number of oxazole rings is 1. The number of halogens is 1. The van der Waals surface area contributed by atoms with Gasteiger partial charge in [-0.05, 0) is 24.6 Å². The van der Waals surface area contributed by atoms with Crippen molar-refractivity contribution in [3.63, 3.8) is 0 Å². The van der Waals surface area contributed by atoms with Gasteiger partial charge >= 0.3 is 0 Å². The van der Waals surface area contributed by atoms with Gasteiger partial charge in [0.05, 0.1) is 5.69 Å². The SMILES string of the molecule is Cc1nc(C)c(C(=O)NCc2ccc(Br)cc2)o1. The molecule has 0 saturated carbocycles. The lowest BCUT2D eigenvalue weighted by atomic mass is 10.2. The molecule has 2 aromatic rings. The molecule has 18 heavy (non-hydrogen) atoms. The van der Waals surface area contributed by atoms with Crippen LogP contribution in [0, 0.1) is 13.8 Å². The fraction of sp³-hybridized carbons (Fsp3) is 0.231. The maximum absolute atomic E-state index is 11.9. The molecule has 0 aliphatic carbocycles. The van der Waals surface area contributed by atoms with Gasteiger partial charge in [-0.25, -0.2) is 4.98 Å². The summed E-state index contributed by atoms with van der Waals surface area (Å²) in [6, 6.07) is 7.77. The van der Waals surface area contributed by atoms with Crippen molar-refractivity contribution in [3.05, 3.63) is 51.6 Å². The third kappa shape index (κ3) is 2.98. The molecule has 0 aliphatic heterocycles. The number of aryl methyl sites for hydroxylation is 2. The highest BCUT2D eigenvalue weighted by Gasteiger charge is 2.15. The van der Waals surface area contributed by atoms with Crippen LogP contribution in [0.1, 0.15) is 27.7 Å². The molecule has 1 aromatic heterocycles. The van der Waals surface area contributed by atoms with Gasteiger partial charge in [-0.1, -0.05) is 28.1 Å². The van der Waals surface area contributed by atoms with Crippen LogP contribution < -0.4 is 5.32 Å². The molecule has 1 heterocycles. The fourth-order valence-electron chi connectivity index (χ4n) is 1.61. The number of nitrogens with zero attached hydrogens (tertiary/aromatic N) is 1. The van der Waals surface area contributed by atoms with Crippen molar-refractivity contribution in [2.45, 2.75) is 20.4 Å². The van der Waals surface area contributed by atoms with E-state index in [-0.39, 0.29) is 11.7 Å². The van der Waals surface area contributed by atoms with Gasteiger partial charge in [0.25, 0.3) is 5.91 Å². The van der Waals surface area contributed by atoms with Crippen molar-refractivity contribution >= 4 is 21.8 Å². The zero-order valence-electron chi connectivity index (χ0n) is 10.2. The van der Waals surface area contributed by atoms with Crippen molar-refractivity contribution in [1.29, 1.82) is 0 Å². The molecule has 0 bridgehead atoms. The average molecular weight is 309 g/mol. The third-order valence-electron chi connectivity index (χ3n) is 2.48. The van der Waals surface area contributed by atoms with Gasteiger partial charge in [-0.2, -0.15) is 0 Å². The minimum atomic E-state index is -0.240. The van der Waals surface area contributed by atoms with Crippen LogP contribution in [0.15, 0.2) is 33.2 Å². The molecule has 5 heteroatoms. The Hall–Kier alpha value is -1.62. The number of hydrogen-bond donors (Lipinski definition) is 1. The van der Waals surface area contributed by atoms with Crippen LogP contribution in [0.3, 0.4) is 0 Å². The Kier molecular flexibility index (Phi) is 3.81. The van der Waals surface area contributed by atoms with E-state index in [4.69, 9.17) is 4.42 Å². The number of hydrogen-bond acceptors (Lipinski definition) is 3. The van der Waals surface area contributed by atoms with E-state index < -0.39 is 0 Å². The highest BCUT2D eigenvalue weighted by Crippen LogP contribution is 2.11. The molecule has 0 unspecified atom stereocenters. The standard InChI is InChI=1S/C13H13BrN2O2/c1-8-12(18-9(2)16-8)13(17)15-7-10-3-5-11(14)6-4-10/h3-6H,7H2,1-2H3,(H,15,17). The Morgan fingerprint density at radius 3 is 2.56 bits per heavy atom. The maximum Gasteiger partial charge on any atom is 0.289 e. The summed E-state index contributed by atoms with van der Waals surface area (Å²) < 4.78 is 6.27. The summed E-state index contributed by atoms with van der Waals surface area (Å²) in [5.41, 5.74) is 1.64. The highest BCUT2D eigenvalue weighted by molar-refractivity contribution is 9.10. The Morgan fingerprint density at radius 2 is 2.00 bits per heavy atom. The summed E-state index contributed by atoms with van der Waals surface area (Å²) in [5.74, 6) is 0.543. The Labute approximate surface area is 114 Å². The average Bonchev–Trinajstić information content (AvgIpc) is 2.67. The second-order valence-corrected chi connectivity index (χ2v) is 4.87. The molecule has 4 nitrogen and oxygen atoms in total. The van der Waals surface area contributed by atoms with Crippen LogP contribution in [0.4, 0.5) is 0 Å². The fourth-order valence-corrected chi connectivity index (χ4v) is 1.87. The van der Waals surface area contributed by atoms with Crippen molar-refractivity contribution in [2.75, 3.05) is 0 Å². The van der Waals surface area contributed by atoms with Crippen LogP contribution in [0.2, 0.25) is 0 Å². The molecule has 0 spiro atoms. The molecule has 0 atom stereocenters. The quantitative estimate of drug-likeness (QED) is 0.948. The van der Waals surface area contributed by atoms with E-state index in [9.17, 15) is 4.79 Å². The molecule has 0 saturated heterocycles. The summed E-state index contributed by atoms with van der Waals surface area (Å²) in [5, 5.41) is 2.80. The van der Waals surface area contributed by atoms with Crippen LogP contribution in [-0.4, -0.2) is 10.9 Å². The first-order valence-corrected chi connectivity index (χ1v) is 6.32. The predicted octanol–water partition coefficient (Wildman–Crippen LogP) is 2.98. The molecule has 0 aliphatic rings. The van der Waals surface area contributed by atoms with E-state index >= 15 is 0 Å². The summed E-state index contributed by atoms with van der Waals surface area (Å²) in [7, 11) is 0. The van der Waals surface area contributed by atoms with E-state index in [2.05, 4.69) is 26.2 Å². The van der Waals surface area contributed by atoms with Crippen LogP contribution >= 0.6 is 15.9 Å². The Balaban J connectivity index is 2.00. The lowest BCUT2D eigenvalue weighted by Gasteiger charge is -2.03. The van der Waals surface area contributed by atoms with Crippen molar-refractivity contribution < 1.29 is 9.21 Å². The lowest BCUT2D eigenvalue weighted by molar-refractivity contribution is 0.0921. The smallest absolute Gasteiger partial charge is 0.289 e. The molecule has 2 rings (SSSR count). The van der Waals surface area contributed by atoms with E-state index in [0.29, 0.717) is 18.1 Å². The summed E-state index contributed by atoms with van der Waals surface area (Å²) >= 11 is 3.36. The zero-order valence-corrected chi connectivity index (χ0v) is 11.7. The first-order chi connectivity index (χ1) is 8.56. The first-order valence-electron chi connectivity index (χ1n) is 5.53. The van der Waals surface area contributed by atoms with Crippen LogP contribution in [-0.2, 0) is 6.54 Å². The number of benzene rings is 1. The lowest BCUT2D eigenvalue weighted by Crippen LogP contribution is -2.23. The normalized spacial score (nSPS) is 10.4. The summed E-state index contributed by atoms with van der Waals surface area (Å²) in [6.07, 6.45) is 0. The highest BCUT2D eigenvalue weighted by atomic mass is 79.9. The number of amides is 1. The Morgan fingerprint density at radius 1 is 1.33 bits per heavy atom. The van der Waals surface area contributed by atoms with Crippen molar-refractivity contribution in [2.24, 2.45) is 0 Å². The topological polar surface area (TPSA) is 55.1 Å². The van der Waals surface area contributed by atoms with Gasteiger partial charge in [0, 0.05) is 17.9 Å². The number of rotatable bonds is 3. The van der Waals surface area contributed by atoms with Crippen molar-refractivity contribution in [1.82, 2.24) is 10.3 Å². The molecular formula is C13H13BrN2O2.